The first-order chi connectivity index (χ1) is 14.5. The van der Waals surface area contributed by atoms with Crippen LogP contribution in [-0.4, -0.2) is 28.7 Å². The molecule has 2 amide bonds. The topological polar surface area (TPSA) is 90.7 Å². The molecule has 2 saturated heterocycles. The van der Waals surface area contributed by atoms with E-state index < -0.39 is 23.8 Å². The second-order valence-electron chi connectivity index (χ2n) is 7.56. The highest BCUT2D eigenvalue weighted by Crippen LogP contribution is 2.52. The minimum Gasteiger partial charge on any atom is -0.427 e. The molecule has 3 aliphatic rings. The number of carbonyl (C=O) groups is 3. The maximum Gasteiger partial charge on any atom is 0.308 e. The third kappa shape index (κ3) is 2.47. The lowest BCUT2D eigenvalue weighted by Crippen LogP contribution is -2.40. The van der Waals surface area contributed by atoms with Crippen molar-refractivity contribution in [3.8, 4) is 11.8 Å². The van der Waals surface area contributed by atoms with Gasteiger partial charge in [-0.1, -0.05) is 24.3 Å². The number of benzene rings is 2. The van der Waals surface area contributed by atoms with Crippen LogP contribution in [0, 0.1) is 23.2 Å². The van der Waals surface area contributed by atoms with E-state index in [4.69, 9.17) is 4.74 Å². The number of rotatable bonds is 2. The molecule has 5 rings (SSSR count). The van der Waals surface area contributed by atoms with Gasteiger partial charge in [-0.05, 0) is 41.5 Å². The number of nitriles is 1. The van der Waals surface area contributed by atoms with Gasteiger partial charge in [0.25, 0.3) is 0 Å². The fourth-order valence-corrected chi connectivity index (χ4v) is 4.79. The lowest BCUT2D eigenvalue weighted by Gasteiger charge is -2.33. The van der Waals surface area contributed by atoms with Gasteiger partial charge in [0.15, 0.2) is 0 Å². The Balaban J connectivity index is 1.54. The molecule has 2 aromatic carbocycles. The minimum absolute atomic E-state index is 0.317. The molecule has 0 spiro atoms. The van der Waals surface area contributed by atoms with Crippen molar-refractivity contribution in [2.45, 2.75) is 19.0 Å². The van der Waals surface area contributed by atoms with Gasteiger partial charge in [0.1, 0.15) is 11.8 Å². The Labute approximate surface area is 172 Å². The molecule has 4 atom stereocenters. The highest BCUT2D eigenvalue weighted by molar-refractivity contribution is 6.23. The Morgan fingerprint density at radius 3 is 2.43 bits per heavy atom. The zero-order chi connectivity index (χ0) is 21.0. The molecule has 0 saturated carbocycles. The molecule has 7 heteroatoms. The van der Waals surface area contributed by atoms with E-state index in [9.17, 15) is 19.6 Å². The lowest BCUT2D eigenvalue weighted by atomic mass is 9.85. The van der Waals surface area contributed by atoms with E-state index in [1.807, 2.05) is 41.4 Å². The number of fused-ring (bicyclic) bond motifs is 5. The molecule has 2 aromatic rings. The van der Waals surface area contributed by atoms with E-state index in [-0.39, 0.29) is 17.9 Å². The van der Waals surface area contributed by atoms with E-state index in [0.29, 0.717) is 11.4 Å². The molecule has 3 heterocycles. The van der Waals surface area contributed by atoms with Gasteiger partial charge in [-0.2, -0.15) is 5.26 Å². The maximum atomic E-state index is 13.4. The molecular formula is C23H17N3O4. The van der Waals surface area contributed by atoms with Crippen molar-refractivity contribution in [3.05, 3.63) is 65.9 Å². The summed E-state index contributed by atoms with van der Waals surface area (Å²) in [5.41, 5.74) is 2.33. The smallest absolute Gasteiger partial charge is 0.308 e. The number of anilines is 1. The fourth-order valence-electron chi connectivity index (χ4n) is 4.79. The van der Waals surface area contributed by atoms with Crippen LogP contribution in [0.1, 0.15) is 24.1 Å². The molecule has 0 bridgehead atoms. The largest absolute Gasteiger partial charge is 0.427 e. The fraction of sp³-hybridized carbons (Fsp3) is 0.217. The van der Waals surface area contributed by atoms with Crippen LogP contribution < -0.4 is 9.64 Å². The van der Waals surface area contributed by atoms with Crippen molar-refractivity contribution in [2.75, 3.05) is 4.90 Å². The monoisotopic (exact) mass is 399 g/mol. The lowest BCUT2D eigenvalue weighted by molar-refractivity contribution is -0.132. The second-order valence-corrected chi connectivity index (χ2v) is 7.56. The highest BCUT2D eigenvalue weighted by Gasteiger charge is 2.63. The number of imide groups is 1. The third-order valence-corrected chi connectivity index (χ3v) is 5.95. The SMILES string of the molecule is CC(=O)Oc1ccc(N2C(=O)[C@@H]3[C@H](C2=O)[C@H](C#N)N2C=Cc4ccccc4[C@H]32)cc1. The van der Waals surface area contributed by atoms with Crippen molar-refractivity contribution in [3.63, 3.8) is 0 Å². The number of nitrogens with zero attached hydrogens (tertiary/aromatic N) is 3. The summed E-state index contributed by atoms with van der Waals surface area (Å²) in [6.07, 6.45) is 3.73. The first-order valence-electron chi connectivity index (χ1n) is 9.62. The molecule has 0 aromatic heterocycles. The van der Waals surface area contributed by atoms with Gasteiger partial charge in [0, 0.05) is 13.1 Å². The van der Waals surface area contributed by atoms with Gasteiger partial charge in [0.2, 0.25) is 11.8 Å². The summed E-state index contributed by atoms with van der Waals surface area (Å²) in [4.78, 5) is 40.9. The van der Waals surface area contributed by atoms with Gasteiger partial charge in [-0.25, -0.2) is 4.90 Å². The summed E-state index contributed by atoms with van der Waals surface area (Å²) in [6.45, 7) is 1.30. The van der Waals surface area contributed by atoms with Gasteiger partial charge in [-0.3, -0.25) is 14.4 Å². The summed E-state index contributed by atoms with van der Waals surface area (Å²) in [6, 6.07) is 15.1. The number of amides is 2. The number of hydrogen-bond acceptors (Lipinski definition) is 6. The Hall–Kier alpha value is -3.92. The molecule has 0 unspecified atom stereocenters. The van der Waals surface area contributed by atoms with E-state index in [1.165, 1.54) is 19.1 Å². The normalized spacial score (nSPS) is 26.1. The third-order valence-electron chi connectivity index (χ3n) is 5.95. The summed E-state index contributed by atoms with van der Waals surface area (Å²) in [5, 5.41) is 9.83. The van der Waals surface area contributed by atoms with Crippen molar-refractivity contribution in [1.29, 1.82) is 5.26 Å². The standard InChI is InChI=1S/C23H17N3O4/c1-13(27)30-16-8-6-15(7-9-16)26-22(28)19-18(12-24)25-11-10-14-4-2-3-5-17(14)21(25)20(19)23(26)29/h2-11,18-21H,1H3/t18-,19+,20+,21+/m0/s1. The van der Waals surface area contributed by atoms with Crippen LogP contribution in [0.5, 0.6) is 5.75 Å². The van der Waals surface area contributed by atoms with Crippen LogP contribution in [0.2, 0.25) is 0 Å². The van der Waals surface area contributed by atoms with Crippen molar-refractivity contribution < 1.29 is 19.1 Å². The first kappa shape index (κ1) is 18.1. The molecule has 0 aliphatic carbocycles. The molecule has 7 nitrogen and oxygen atoms in total. The molecule has 0 N–H and O–H groups in total. The van der Waals surface area contributed by atoms with Gasteiger partial charge in [-0.15, -0.1) is 0 Å². The second kappa shape index (κ2) is 6.56. The zero-order valence-corrected chi connectivity index (χ0v) is 16.1. The molecule has 30 heavy (non-hydrogen) atoms. The van der Waals surface area contributed by atoms with Crippen molar-refractivity contribution in [1.82, 2.24) is 4.90 Å². The molecule has 2 fully saturated rings. The van der Waals surface area contributed by atoms with E-state index >= 15 is 0 Å². The predicted molar refractivity (Wildman–Crippen MR) is 107 cm³/mol. The van der Waals surface area contributed by atoms with E-state index in [1.54, 1.807) is 12.1 Å². The molecule has 3 aliphatic heterocycles. The van der Waals surface area contributed by atoms with Crippen LogP contribution in [0.3, 0.4) is 0 Å². The Morgan fingerprint density at radius 2 is 1.73 bits per heavy atom. The van der Waals surface area contributed by atoms with Gasteiger partial charge >= 0.3 is 5.97 Å². The van der Waals surface area contributed by atoms with Crippen molar-refractivity contribution in [2.24, 2.45) is 11.8 Å². The summed E-state index contributed by atoms with van der Waals surface area (Å²) < 4.78 is 5.02. The highest BCUT2D eigenvalue weighted by atomic mass is 16.5. The Kier molecular flexibility index (Phi) is 3.97. The summed E-state index contributed by atoms with van der Waals surface area (Å²) in [5.74, 6) is -2.19. The van der Waals surface area contributed by atoms with Crippen molar-refractivity contribution >= 4 is 29.5 Å². The average Bonchev–Trinajstić information content (AvgIpc) is 3.21. The van der Waals surface area contributed by atoms with Crippen LogP contribution in [0.25, 0.3) is 6.08 Å². The molecular weight excluding hydrogens is 382 g/mol. The number of esters is 1. The van der Waals surface area contributed by atoms with Gasteiger partial charge in [0.05, 0.1) is 29.6 Å². The summed E-state index contributed by atoms with van der Waals surface area (Å²) >= 11 is 0. The quantitative estimate of drug-likeness (QED) is 0.438. The predicted octanol–water partition coefficient (Wildman–Crippen LogP) is 2.65. The number of ether oxygens (including phenoxy) is 1. The average molecular weight is 399 g/mol. The minimum atomic E-state index is -0.739. The van der Waals surface area contributed by atoms with E-state index in [2.05, 4.69) is 6.07 Å². The number of hydrogen-bond donors (Lipinski definition) is 0. The Bertz CT molecular complexity index is 1150. The molecule has 148 valence electrons. The van der Waals surface area contributed by atoms with Crippen LogP contribution in [0.4, 0.5) is 5.69 Å². The van der Waals surface area contributed by atoms with Crippen LogP contribution in [-0.2, 0) is 14.4 Å². The first-order valence-corrected chi connectivity index (χ1v) is 9.62. The van der Waals surface area contributed by atoms with Crippen LogP contribution in [0.15, 0.2) is 54.7 Å². The summed E-state index contributed by atoms with van der Waals surface area (Å²) in [7, 11) is 0. The van der Waals surface area contributed by atoms with E-state index in [0.717, 1.165) is 16.0 Å². The number of carbonyl (C=O) groups excluding carboxylic acids is 3. The Morgan fingerprint density at radius 1 is 1.03 bits per heavy atom. The molecule has 0 radical (unpaired) electrons. The maximum absolute atomic E-state index is 13.4. The van der Waals surface area contributed by atoms with Gasteiger partial charge < -0.3 is 9.64 Å². The van der Waals surface area contributed by atoms with Crippen LogP contribution >= 0.6 is 0 Å². The zero-order valence-electron chi connectivity index (χ0n) is 16.1.